The molecule has 1 aliphatic rings. The number of aromatic amines is 1. The molecule has 118 valence electrons. The third-order valence-electron chi connectivity index (χ3n) is 3.80. The molecule has 0 radical (unpaired) electrons. The fourth-order valence-corrected chi connectivity index (χ4v) is 4.53. The van der Waals surface area contributed by atoms with Crippen LogP contribution in [0.5, 0.6) is 0 Å². The number of nitrogens with one attached hydrogen (secondary N) is 2. The molecule has 7 nitrogen and oxygen atoms in total. The normalized spacial score (nSPS) is 22.3. The van der Waals surface area contributed by atoms with Crippen molar-refractivity contribution in [2.45, 2.75) is 37.4 Å². The van der Waals surface area contributed by atoms with Gasteiger partial charge in [0.15, 0.2) is 0 Å². The van der Waals surface area contributed by atoms with Gasteiger partial charge in [-0.1, -0.05) is 6.42 Å². The molecular formula is C13H21N3O4S. The Kier molecular flexibility index (Phi) is 5.35. The molecule has 0 amide bonds. The highest BCUT2D eigenvalue weighted by atomic mass is 32.2. The number of nitrogens with zero attached hydrogens (tertiary/aromatic N) is 1. The number of hydrogen-bond acceptors (Lipinski definition) is 5. The minimum Gasteiger partial charge on any atom is -0.469 e. The summed E-state index contributed by atoms with van der Waals surface area (Å²) < 4.78 is 31.9. The molecule has 0 aromatic carbocycles. The van der Waals surface area contributed by atoms with Crippen LogP contribution in [0.25, 0.3) is 0 Å². The first kappa shape index (κ1) is 16.0. The van der Waals surface area contributed by atoms with Crippen molar-refractivity contribution in [3.63, 3.8) is 0 Å². The molecule has 1 aromatic rings. The summed E-state index contributed by atoms with van der Waals surface area (Å²) in [6.45, 7) is 0.341. The summed E-state index contributed by atoms with van der Waals surface area (Å²) in [5.41, 5.74) is 0. The summed E-state index contributed by atoms with van der Waals surface area (Å²) in [6.07, 6.45) is 6.55. The van der Waals surface area contributed by atoms with Gasteiger partial charge in [-0.2, -0.15) is 0 Å². The van der Waals surface area contributed by atoms with Crippen molar-refractivity contribution in [3.8, 4) is 0 Å². The zero-order valence-electron chi connectivity index (χ0n) is 12.0. The highest BCUT2D eigenvalue weighted by Gasteiger charge is 2.41. The third-order valence-corrected chi connectivity index (χ3v) is 5.77. The quantitative estimate of drug-likeness (QED) is 0.567. The molecule has 0 aliphatic heterocycles. The molecule has 2 rings (SSSR count). The monoisotopic (exact) mass is 315 g/mol. The van der Waals surface area contributed by atoms with Gasteiger partial charge >= 0.3 is 5.97 Å². The van der Waals surface area contributed by atoms with Crippen LogP contribution in [0.4, 0.5) is 0 Å². The number of aromatic nitrogens is 2. The van der Waals surface area contributed by atoms with E-state index in [1.165, 1.54) is 7.11 Å². The van der Waals surface area contributed by atoms with Crippen molar-refractivity contribution < 1.29 is 17.9 Å². The molecule has 8 heteroatoms. The van der Waals surface area contributed by atoms with Crippen LogP contribution in [0.1, 0.15) is 31.5 Å². The number of sulfonamides is 1. The fraction of sp³-hybridized carbons (Fsp3) is 0.692. The SMILES string of the molecule is COC(=O)C1CCCC1S(=O)(=O)NCCCc1ncc[nH]1. The summed E-state index contributed by atoms with van der Waals surface area (Å²) in [5, 5.41) is -0.673. The lowest BCUT2D eigenvalue weighted by Crippen LogP contribution is -2.39. The topological polar surface area (TPSA) is 101 Å². The van der Waals surface area contributed by atoms with Crippen LogP contribution in [0.3, 0.4) is 0 Å². The zero-order valence-corrected chi connectivity index (χ0v) is 12.9. The number of aryl methyl sites for hydroxylation is 1. The molecule has 21 heavy (non-hydrogen) atoms. The van der Waals surface area contributed by atoms with Gasteiger partial charge in [-0.15, -0.1) is 0 Å². The second kappa shape index (κ2) is 7.04. The zero-order chi connectivity index (χ0) is 15.3. The first-order valence-corrected chi connectivity index (χ1v) is 8.64. The van der Waals surface area contributed by atoms with Crippen LogP contribution in [-0.4, -0.2) is 43.3 Å². The van der Waals surface area contributed by atoms with E-state index in [4.69, 9.17) is 4.74 Å². The highest BCUT2D eigenvalue weighted by Crippen LogP contribution is 2.31. The van der Waals surface area contributed by atoms with Gasteiger partial charge in [0.25, 0.3) is 0 Å². The second-order valence-electron chi connectivity index (χ2n) is 5.18. The Morgan fingerprint density at radius 2 is 2.33 bits per heavy atom. The van der Waals surface area contributed by atoms with E-state index < -0.39 is 27.2 Å². The Balaban J connectivity index is 1.84. The first-order chi connectivity index (χ1) is 10.0. The molecule has 2 N–H and O–H groups in total. The lowest BCUT2D eigenvalue weighted by Gasteiger charge is -2.18. The predicted molar refractivity (Wildman–Crippen MR) is 77.0 cm³/mol. The molecule has 2 unspecified atom stereocenters. The Labute approximate surface area is 124 Å². The van der Waals surface area contributed by atoms with Crippen LogP contribution < -0.4 is 4.72 Å². The summed E-state index contributed by atoms with van der Waals surface area (Å²) in [5.74, 6) is -0.140. The van der Waals surface area contributed by atoms with Crippen molar-refractivity contribution in [1.29, 1.82) is 0 Å². The summed E-state index contributed by atoms with van der Waals surface area (Å²) in [6, 6.07) is 0. The van der Waals surface area contributed by atoms with Crippen molar-refractivity contribution in [2.75, 3.05) is 13.7 Å². The lowest BCUT2D eigenvalue weighted by molar-refractivity contribution is -0.145. The van der Waals surface area contributed by atoms with E-state index in [-0.39, 0.29) is 0 Å². The molecule has 1 fully saturated rings. The third kappa shape index (κ3) is 4.04. The molecule has 1 aromatic heterocycles. The second-order valence-corrected chi connectivity index (χ2v) is 7.16. The average Bonchev–Trinajstić information content (AvgIpc) is 3.13. The van der Waals surface area contributed by atoms with Crippen LogP contribution in [0, 0.1) is 5.92 Å². The number of carbonyl (C=O) groups excluding carboxylic acids is 1. The highest BCUT2D eigenvalue weighted by molar-refractivity contribution is 7.90. The largest absolute Gasteiger partial charge is 0.469 e. The van der Waals surface area contributed by atoms with Crippen molar-refractivity contribution >= 4 is 16.0 Å². The summed E-state index contributed by atoms with van der Waals surface area (Å²) in [7, 11) is -2.19. The average molecular weight is 315 g/mol. The van der Waals surface area contributed by atoms with Crippen molar-refractivity contribution in [1.82, 2.24) is 14.7 Å². The molecule has 0 bridgehead atoms. The fourth-order valence-electron chi connectivity index (χ4n) is 2.73. The Morgan fingerprint density at radius 3 is 3.00 bits per heavy atom. The minimum atomic E-state index is -3.49. The predicted octanol–water partition coefficient (Wildman–Crippen LogP) is 0.603. The van der Waals surface area contributed by atoms with Gasteiger partial charge < -0.3 is 9.72 Å². The molecule has 1 aliphatic carbocycles. The van der Waals surface area contributed by atoms with E-state index in [0.717, 1.165) is 12.2 Å². The van der Waals surface area contributed by atoms with Gasteiger partial charge in [-0.25, -0.2) is 18.1 Å². The Hall–Kier alpha value is -1.41. The minimum absolute atomic E-state index is 0.341. The van der Waals surface area contributed by atoms with Gasteiger partial charge in [0, 0.05) is 25.4 Å². The van der Waals surface area contributed by atoms with Gasteiger partial charge in [0.2, 0.25) is 10.0 Å². The van der Waals surface area contributed by atoms with Crippen LogP contribution >= 0.6 is 0 Å². The lowest BCUT2D eigenvalue weighted by atomic mass is 10.1. The van der Waals surface area contributed by atoms with E-state index in [1.54, 1.807) is 12.4 Å². The Morgan fingerprint density at radius 1 is 1.52 bits per heavy atom. The van der Waals surface area contributed by atoms with Crippen molar-refractivity contribution in [3.05, 3.63) is 18.2 Å². The number of ether oxygens (including phenoxy) is 1. The standard InChI is InChI=1S/C13H21N3O4S/c1-20-13(17)10-4-2-5-11(10)21(18,19)16-7-3-6-12-14-8-9-15-12/h8-11,16H,2-7H2,1H3,(H,14,15). The maximum absolute atomic E-state index is 12.3. The molecular weight excluding hydrogens is 294 g/mol. The van der Waals surface area contributed by atoms with E-state index in [2.05, 4.69) is 14.7 Å². The number of esters is 1. The maximum atomic E-state index is 12.3. The maximum Gasteiger partial charge on any atom is 0.310 e. The molecule has 0 spiro atoms. The smallest absolute Gasteiger partial charge is 0.310 e. The van der Waals surface area contributed by atoms with E-state index >= 15 is 0 Å². The summed E-state index contributed by atoms with van der Waals surface area (Å²) in [4.78, 5) is 18.7. The van der Waals surface area contributed by atoms with Gasteiger partial charge in [0.1, 0.15) is 5.82 Å². The van der Waals surface area contributed by atoms with Crippen LogP contribution in [0.15, 0.2) is 12.4 Å². The number of methoxy groups -OCH3 is 1. The summed E-state index contributed by atoms with van der Waals surface area (Å²) >= 11 is 0. The van der Waals surface area contributed by atoms with Gasteiger partial charge in [-0.05, 0) is 19.3 Å². The number of carbonyl (C=O) groups is 1. The van der Waals surface area contributed by atoms with Crippen LogP contribution in [0.2, 0.25) is 0 Å². The molecule has 1 heterocycles. The molecule has 2 atom stereocenters. The van der Waals surface area contributed by atoms with Gasteiger partial charge in [-0.3, -0.25) is 4.79 Å². The van der Waals surface area contributed by atoms with Gasteiger partial charge in [0.05, 0.1) is 18.3 Å². The first-order valence-electron chi connectivity index (χ1n) is 7.09. The molecule has 1 saturated carbocycles. The van der Waals surface area contributed by atoms with E-state index in [1.807, 2.05) is 0 Å². The number of rotatable bonds is 7. The van der Waals surface area contributed by atoms with Crippen LogP contribution in [-0.2, 0) is 26.0 Å². The number of imidazole rings is 1. The Bertz CT molecular complexity index is 556. The van der Waals surface area contributed by atoms with Crippen molar-refractivity contribution in [2.24, 2.45) is 5.92 Å². The number of H-pyrrole nitrogens is 1. The van der Waals surface area contributed by atoms with E-state index in [9.17, 15) is 13.2 Å². The number of hydrogen-bond donors (Lipinski definition) is 2. The van der Waals surface area contributed by atoms with E-state index in [0.29, 0.717) is 32.2 Å². The molecule has 0 saturated heterocycles.